The number of carbonyl (C=O) groups excluding carboxylic acids is 1. The molecule has 2 aliphatic rings. The first kappa shape index (κ1) is 31.0. The van der Waals surface area contributed by atoms with Gasteiger partial charge in [-0.2, -0.15) is 5.26 Å². The first-order chi connectivity index (χ1) is 21.3. The molecule has 6 rings (SSSR count). The molecule has 3 N–H and O–H groups in total. The number of benzene rings is 1. The van der Waals surface area contributed by atoms with Crippen LogP contribution in [0.5, 0.6) is 0 Å². The number of nitrogens with one attached hydrogen (secondary N) is 2. The van der Waals surface area contributed by atoms with Crippen molar-refractivity contribution in [3.8, 4) is 17.3 Å². The molecule has 5 heterocycles. The number of ether oxygens (including phenoxy) is 2. The van der Waals surface area contributed by atoms with E-state index in [0.717, 1.165) is 17.5 Å². The Balaban J connectivity index is 1.50. The van der Waals surface area contributed by atoms with E-state index in [1.807, 2.05) is 24.8 Å². The van der Waals surface area contributed by atoms with Crippen LogP contribution in [0, 0.1) is 23.0 Å². The van der Waals surface area contributed by atoms with Gasteiger partial charge in [0.15, 0.2) is 11.6 Å². The predicted molar refractivity (Wildman–Crippen MR) is 166 cm³/mol. The highest BCUT2D eigenvalue weighted by atomic mass is 32.1. The second kappa shape index (κ2) is 11.4. The average Bonchev–Trinajstić information content (AvgIpc) is 3.71. The summed E-state index contributed by atoms with van der Waals surface area (Å²) in [7, 11) is 0. The van der Waals surface area contributed by atoms with Crippen molar-refractivity contribution in [2.45, 2.75) is 71.4 Å². The van der Waals surface area contributed by atoms with Crippen molar-refractivity contribution in [3.63, 3.8) is 0 Å². The number of rotatable bonds is 6. The number of carbonyl (C=O) groups is 1. The zero-order chi connectivity index (χ0) is 32.3. The van der Waals surface area contributed by atoms with Crippen LogP contribution < -0.4 is 15.5 Å². The highest BCUT2D eigenvalue weighted by molar-refractivity contribution is 7.23. The number of halogens is 2. The van der Waals surface area contributed by atoms with Gasteiger partial charge in [0.2, 0.25) is 5.95 Å². The molecular formula is C31H33F2N7O4S. The zero-order valence-corrected chi connectivity index (χ0v) is 26.4. The predicted octanol–water partition coefficient (Wildman–Crippen LogP) is 5.37. The number of thiophene rings is 1. The van der Waals surface area contributed by atoms with Gasteiger partial charge in [-0.15, -0.1) is 11.3 Å². The van der Waals surface area contributed by atoms with Gasteiger partial charge in [0.1, 0.15) is 22.2 Å². The van der Waals surface area contributed by atoms with E-state index in [4.69, 9.17) is 9.47 Å². The van der Waals surface area contributed by atoms with E-state index in [0.29, 0.717) is 42.0 Å². The number of pyridine rings is 1. The van der Waals surface area contributed by atoms with Gasteiger partial charge >= 0.3 is 6.09 Å². The van der Waals surface area contributed by atoms with Crippen LogP contribution in [0.4, 0.5) is 24.5 Å². The van der Waals surface area contributed by atoms with Crippen LogP contribution in [-0.4, -0.2) is 63.0 Å². The first-order valence-electron chi connectivity index (χ1n) is 14.6. The lowest BCUT2D eigenvalue weighted by Gasteiger charge is -2.30. The largest absolute Gasteiger partial charge is 0.444 e. The Morgan fingerprint density at radius 2 is 2.02 bits per heavy atom. The van der Waals surface area contributed by atoms with Crippen molar-refractivity contribution >= 4 is 49.4 Å². The number of aromatic nitrogens is 3. The van der Waals surface area contributed by atoms with Crippen LogP contribution >= 0.6 is 11.3 Å². The number of hydrogen-bond acceptors (Lipinski definition) is 11. The normalized spacial score (nSPS) is 18.2. The lowest BCUT2D eigenvalue weighted by molar-refractivity contribution is 0.0636. The fourth-order valence-corrected chi connectivity index (χ4v) is 7.14. The number of aliphatic hydroxyl groups is 1. The smallest absolute Gasteiger partial charge is 0.412 e. The Kier molecular flexibility index (Phi) is 7.85. The molecule has 0 saturated carbocycles. The number of hydrogen-bond donors (Lipinski definition) is 3. The number of aliphatic hydroxyl groups excluding tert-OH is 1. The highest BCUT2D eigenvalue weighted by Crippen LogP contribution is 2.46. The van der Waals surface area contributed by atoms with Crippen molar-refractivity contribution in [2.24, 2.45) is 0 Å². The molecule has 0 bridgehead atoms. The molecule has 0 radical (unpaired) electrons. The number of nitriles is 1. The summed E-state index contributed by atoms with van der Waals surface area (Å²) in [5, 5.41) is 26.9. The van der Waals surface area contributed by atoms with E-state index in [1.165, 1.54) is 0 Å². The molecule has 1 saturated heterocycles. The van der Waals surface area contributed by atoms with Crippen LogP contribution in [-0.2, 0) is 22.7 Å². The minimum absolute atomic E-state index is 0.0354. The molecule has 2 aliphatic heterocycles. The minimum Gasteiger partial charge on any atom is -0.444 e. The molecule has 14 heteroatoms. The fourth-order valence-electron chi connectivity index (χ4n) is 6.10. The number of amides is 1. The van der Waals surface area contributed by atoms with E-state index < -0.39 is 28.9 Å². The molecule has 1 amide bonds. The summed E-state index contributed by atoms with van der Waals surface area (Å²) in [6, 6.07) is 2.19. The molecule has 3 aromatic heterocycles. The molecule has 1 fully saturated rings. The van der Waals surface area contributed by atoms with Crippen LogP contribution in [0.15, 0.2) is 12.4 Å². The lowest BCUT2D eigenvalue weighted by Crippen LogP contribution is -2.53. The van der Waals surface area contributed by atoms with E-state index in [-0.39, 0.29) is 63.3 Å². The van der Waals surface area contributed by atoms with Crippen molar-refractivity contribution < 1.29 is 28.2 Å². The van der Waals surface area contributed by atoms with Gasteiger partial charge in [-0.05, 0) is 38.3 Å². The summed E-state index contributed by atoms with van der Waals surface area (Å²) in [6.07, 6.45) is 2.40. The summed E-state index contributed by atoms with van der Waals surface area (Å²) in [6.45, 7) is 10.3. The summed E-state index contributed by atoms with van der Waals surface area (Å²) in [5.74, 6) is -1.12. The fraction of sp³-hybridized carbons (Fsp3) is 0.452. The monoisotopic (exact) mass is 637 g/mol. The lowest BCUT2D eigenvalue weighted by atomic mass is 9.94. The topological polar surface area (TPSA) is 146 Å². The van der Waals surface area contributed by atoms with E-state index in [2.05, 4.69) is 25.6 Å². The van der Waals surface area contributed by atoms with Gasteiger partial charge in [0.05, 0.1) is 47.5 Å². The maximum Gasteiger partial charge on any atom is 0.412 e. The highest BCUT2D eigenvalue weighted by Gasteiger charge is 2.39. The van der Waals surface area contributed by atoms with Gasteiger partial charge in [-0.1, -0.05) is 13.8 Å². The first-order valence-corrected chi connectivity index (χ1v) is 15.4. The molecule has 0 spiro atoms. The molecule has 0 aliphatic carbocycles. The Labute approximate surface area is 262 Å². The average molecular weight is 638 g/mol. The Bertz CT molecular complexity index is 1880. The van der Waals surface area contributed by atoms with Gasteiger partial charge in [-0.3, -0.25) is 10.3 Å². The van der Waals surface area contributed by atoms with E-state index in [1.54, 1.807) is 27.0 Å². The van der Waals surface area contributed by atoms with Crippen molar-refractivity contribution in [1.82, 2.24) is 20.3 Å². The molecule has 236 valence electrons. The zero-order valence-electron chi connectivity index (χ0n) is 25.5. The standard InChI is InChI=1S/C31H33F2N7O4S/c1-15(2)39-31(14-41)6-7-40(13-31)28-36-9-17-18-11-43-12-19(18)21(23(33)24(17)37-28)25-22-16(8-34)27(38-29(42)44-30(3,4)5)45-26(22)20(32)10-35-25/h9-10,15,39,41H,6-7,11-14H2,1-5H3,(H,38,42). The molecule has 4 aromatic rings. The Morgan fingerprint density at radius 3 is 2.71 bits per heavy atom. The van der Waals surface area contributed by atoms with E-state index in [9.17, 15) is 15.2 Å². The third kappa shape index (κ3) is 5.54. The van der Waals surface area contributed by atoms with Crippen LogP contribution in [0.25, 0.3) is 32.2 Å². The third-order valence-corrected chi connectivity index (χ3v) is 8.97. The van der Waals surface area contributed by atoms with Gasteiger partial charge < -0.3 is 24.8 Å². The molecule has 11 nitrogen and oxygen atoms in total. The van der Waals surface area contributed by atoms with Crippen LogP contribution in [0.2, 0.25) is 0 Å². The molecule has 1 atom stereocenters. The van der Waals surface area contributed by atoms with Crippen molar-refractivity contribution in [3.05, 3.63) is 40.7 Å². The van der Waals surface area contributed by atoms with Gasteiger partial charge in [0, 0.05) is 41.7 Å². The molecule has 1 unspecified atom stereocenters. The van der Waals surface area contributed by atoms with Crippen molar-refractivity contribution in [2.75, 3.05) is 29.9 Å². The molecular weight excluding hydrogens is 604 g/mol. The summed E-state index contributed by atoms with van der Waals surface area (Å²) in [5.41, 5.74) is -0.0826. The number of fused-ring (bicyclic) bond motifs is 4. The third-order valence-electron chi connectivity index (χ3n) is 7.85. The van der Waals surface area contributed by atoms with Gasteiger partial charge in [-0.25, -0.2) is 23.5 Å². The van der Waals surface area contributed by atoms with Crippen LogP contribution in [0.3, 0.4) is 0 Å². The Morgan fingerprint density at radius 1 is 1.27 bits per heavy atom. The minimum atomic E-state index is -0.813. The maximum absolute atomic E-state index is 16.8. The van der Waals surface area contributed by atoms with Gasteiger partial charge in [0.25, 0.3) is 0 Å². The number of nitrogens with zero attached hydrogens (tertiary/aromatic N) is 5. The van der Waals surface area contributed by atoms with Crippen LogP contribution in [0.1, 0.15) is 57.7 Å². The van der Waals surface area contributed by atoms with Crippen molar-refractivity contribution in [1.29, 1.82) is 5.26 Å². The maximum atomic E-state index is 16.8. The second-order valence-corrected chi connectivity index (χ2v) is 13.7. The summed E-state index contributed by atoms with van der Waals surface area (Å²) in [4.78, 5) is 28.0. The summed E-state index contributed by atoms with van der Waals surface area (Å²) >= 11 is 0.844. The second-order valence-electron chi connectivity index (χ2n) is 12.7. The van der Waals surface area contributed by atoms with E-state index >= 15 is 8.78 Å². The SMILES string of the molecule is CC(C)NC1(CO)CCN(c2ncc3c4c(c(-c5ncc(F)c6sc(NC(=O)OC(C)(C)C)c(C#N)c56)c(F)c3n2)COC4)C1. The molecule has 1 aromatic carbocycles. The number of anilines is 2. The Hall–Kier alpha value is -4.03. The molecule has 45 heavy (non-hydrogen) atoms. The quantitative estimate of drug-likeness (QED) is 0.252. The summed E-state index contributed by atoms with van der Waals surface area (Å²) < 4.78 is 43.1.